The summed E-state index contributed by atoms with van der Waals surface area (Å²) < 4.78 is 103. The van der Waals surface area contributed by atoms with Gasteiger partial charge in [-0.1, -0.05) is 0 Å². The summed E-state index contributed by atoms with van der Waals surface area (Å²) >= 11 is 0. The lowest BCUT2D eigenvalue weighted by atomic mass is 9.93. The van der Waals surface area contributed by atoms with Gasteiger partial charge in [0.1, 0.15) is 207 Å². The van der Waals surface area contributed by atoms with Crippen molar-refractivity contribution >= 4 is 23.6 Å². The van der Waals surface area contributed by atoms with Crippen LogP contribution in [0.25, 0.3) is 0 Å². The van der Waals surface area contributed by atoms with Crippen LogP contribution in [0, 0.1) is 0 Å². The lowest BCUT2D eigenvalue weighted by molar-refractivity contribution is -0.411. The summed E-state index contributed by atoms with van der Waals surface area (Å²) in [4.78, 5) is 51.2. The van der Waals surface area contributed by atoms with E-state index in [4.69, 9.17) is 80.5 Å². The van der Waals surface area contributed by atoms with Crippen LogP contribution in [0.3, 0.4) is 0 Å². The Morgan fingerprint density at radius 3 is 1.14 bits per heavy atom. The molecule has 0 aliphatic carbocycles. The fourth-order valence-corrected chi connectivity index (χ4v) is 14.1. The van der Waals surface area contributed by atoms with Crippen molar-refractivity contribution < 1.29 is 217 Å². The number of hydrogen-bond donors (Lipinski definition) is 27. The Kier molecular flexibility index (Phi) is 31.8. The van der Waals surface area contributed by atoms with Crippen molar-refractivity contribution in [2.45, 2.75) is 305 Å². The van der Waals surface area contributed by atoms with E-state index in [1.807, 2.05) is 0 Å². The normalized spacial score (nSPS) is 49.2. The maximum Gasteiger partial charge on any atom is 0.217 e. The van der Waals surface area contributed by atoms with Crippen LogP contribution in [-0.2, 0) is 99.7 Å². The van der Waals surface area contributed by atoms with Crippen LogP contribution >= 0.6 is 0 Å². The minimum atomic E-state index is -2.52. The molecule has 9 rings (SSSR count). The van der Waals surface area contributed by atoms with E-state index in [1.165, 1.54) is 6.92 Å². The van der Waals surface area contributed by atoms with Gasteiger partial charge >= 0.3 is 0 Å². The topological polar surface area (TPSA) is 739 Å². The fraction of sp³-hybridized carbons (Fsp3) is 0.934. The van der Waals surface area contributed by atoms with Gasteiger partial charge in [0.25, 0.3) is 0 Å². The monoisotopic (exact) mass is 1590 g/mol. The molecule has 9 heterocycles. The van der Waals surface area contributed by atoms with Gasteiger partial charge in [0, 0.05) is 27.7 Å². The van der Waals surface area contributed by atoms with E-state index < -0.39 is 346 Å². The van der Waals surface area contributed by atoms with E-state index in [0.717, 1.165) is 27.7 Å². The molecular weight excluding hydrogens is 1490 g/mol. The maximum absolute atomic E-state index is 13.4. The first-order chi connectivity index (χ1) is 51.5. The predicted octanol–water partition coefficient (Wildman–Crippen LogP) is -18.4. The molecule has 48 nitrogen and oxygen atoms in total. The highest BCUT2D eigenvalue weighted by atomic mass is 16.8. The predicted molar refractivity (Wildman–Crippen MR) is 336 cm³/mol. The summed E-state index contributed by atoms with van der Waals surface area (Å²) in [5, 5.41) is 266. The summed E-state index contributed by atoms with van der Waals surface area (Å²) in [6.45, 7) is -3.58. The summed E-state index contributed by atoms with van der Waals surface area (Å²) in [6.07, 6.45) is -83.2. The average Bonchev–Trinajstić information content (AvgIpc) is 0.782. The largest absolute Gasteiger partial charge is 0.394 e. The van der Waals surface area contributed by atoms with Gasteiger partial charge in [-0.3, -0.25) is 19.2 Å². The Labute approximate surface area is 618 Å². The Morgan fingerprint density at radius 1 is 0.294 bits per heavy atom. The molecule has 9 aliphatic rings. The number of nitrogens with one attached hydrogen (secondary N) is 4. The van der Waals surface area contributed by atoms with Crippen molar-refractivity contribution in [3.05, 3.63) is 0 Å². The van der Waals surface area contributed by atoms with Crippen LogP contribution in [-0.4, -0.2) is 464 Å². The molecule has 9 aliphatic heterocycles. The lowest BCUT2D eigenvalue weighted by Gasteiger charge is -2.52. The smallest absolute Gasteiger partial charge is 0.217 e. The third kappa shape index (κ3) is 19.9. The van der Waals surface area contributed by atoms with Crippen LogP contribution in [0.15, 0.2) is 0 Å². The molecule has 0 aromatic heterocycles. The third-order valence-corrected chi connectivity index (χ3v) is 19.9. The summed E-state index contributed by atoms with van der Waals surface area (Å²) in [7, 11) is 0. The average molecular weight is 1600 g/mol. The van der Waals surface area contributed by atoms with Crippen LogP contribution in [0.4, 0.5) is 0 Å². The number of amides is 4. The van der Waals surface area contributed by atoms with E-state index in [9.17, 15) is 137 Å². The van der Waals surface area contributed by atoms with Crippen LogP contribution in [0.1, 0.15) is 34.6 Å². The van der Waals surface area contributed by atoms with Gasteiger partial charge in [-0.25, -0.2) is 0 Å². The van der Waals surface area contributed by atoms with Gasteiger partial charge in [0.05, 0.1) is 59.0 Å². The molecule has 9 saturated heterocycles. The molecule has 27 N–H and O–H groups in total. The highest BCUT2D eigenvalue weighted by molar-refractivity contribution is 5.74. The van der Waals surface area contributed by atoms with E-state index in [1.54, 1.807) is 0 Å². The molecule has 630 valence electrons. The number of rotatable bonds is 27. The van der Waals surface area contributed by atoms with Gasteiger partial charge in [0.2, 0.25) is 23.6 Å². The SMILES string of the molecule is CC(=O)N[C@@H]1[C@@H](O[C@H]2[C@H](OC[C@@H]3O[C@H](O[C@@H]4[C@@H](O)[C@H](NC(C)=O)[C@@H](O[C@@H]5[C@@H](O[C@@H]6O[C@@H](C)[C@@H](O)[C@@H](O)[C@@H]6O)[C@H](NC(C)=O)[C@@H](O)O[C@H]5CO)O[C@H]4CO)[C@H](O[C@@H]4OC[C@@H](O)[C@H](O)[C@H]4O)[C@H](O[C@@H]4O[C@@H](CO)[C@H](O)[C@@H](O)[C@H]4O[C@H]4O[C@@H](CO)[C@H](O)[C@@H](O)[C@@H]4NC(C)=O)[C@H]3O)O[C@@H](CO)[C@H](O)[C@H]2O)O[C@@H](CO)[C@H](O)[C@H]1O. The summed E-state index contributed by atoms with van der Waals surface area (Å²) in [5.41, 5.74) is 0. The Balaban J connectivity index is 1.14. The number of aliphatic hydroxyl groups is 23. The Bertz CT molecular complexity index is 2900. The molecule has 0 saturated carbocycles. The Morgan fingerprint density at radius 2 is 0.651 bits per heavy atom. The van der Waals surface area contributed by atoms with Crippen molar-refractivity contribution in [2.75, 3.05) is 52.9 Å². The van der Waals surface area contributed by atoms with E-state index in [0.29, 0.717) is 0 Å². The lowest BCUT2D eigenvalue weighted by Crippen LogP contribution is -2.71. The second-order valence-electron chi connectivity index (χ2n) is 27.7. The Hall–Kier alpha value is -3.72. The molecule has 44 atom stereocenters. The third-order valence-electron chi connectivity index (χ3n) is 19.9. The highest BCUT2D eigenvalue weighted by Crippen LogP contribution is 2.41. The molecule has 0 aromatic carbocycles. The second kappa shape index (κ2) is 38.8. The first kappa shape index (κ1) is 89.2. The van der Waals surface area contributed by atoms with Gasteiger partial charge in [-0.2, -0.15) is 0 Å². The van der Waals surface area contributed by atoms with Crippen molar-refractivity contribution in [2.24, 2.45) is 0 Å². The number of carbonyl (C=O) groups is 4. The quantitative estimate of drug-likeness (QED) is 0.0363. The second-order valence-corrected chi connectivity index (χ2v) is 27.7. The number of hydrogen-bond acceptors (Lipinski definition) is 44. The summed E-state index contributed by atoms with van der Waals surface area (Å²) in [5.74, 6) is -3.60. The molecule has 9 fully saturated rings. The van der Waals surface area contributed by atoms with Crippen LogP contribution in [0.2, 0.25) is 0 Å². The zero-order chi connectivity index (χ0) is 80.2. The molecular formula is C61H102N4O44. The number of ether oxygens (including phenoxy) is 17. The first-order valence-electron chi connectivity index (χ1n) is 34.9. The zero-order valence-corrected chi connectivity index (χ0v) is 58.9. The molecule has 0 unspecified atom stereocenters. The van der Waals surface area contributed by atoms with Crippen molar-refractivity contribution in [3.63, 3.8) is 0 Å². The standard InChI is InChI=1S/C61H102N4O44/c1-14-31(77)41(87)45(91)58(95-14)105-48-30(65-18(5)75)53(92)96-25(11-71)47(48)104-56-29(64-17(4)74)40(86)46(24(10-70)101-56)103-61-52(109-57-44(90)32(78)19(76)12-93-57)49(106-60-51(43(89)36(82)23(9-69)100-60)108-55-28(63-16(3)73)39(85)34(80)21(7-67)98-55)37(83)26(102-61)13-94-59-50(42(88)35(81)22(8-68)99-59)107-54-27(62-15(2)72)38(84)33(79)20(6-66)97-54/h14,19-61,66-71,76-92H,6-13H2,1-5H3,(H,62,72)(H,63,73)(H,64,74)(H,65,75)/t14-,19+,20-,21-,22-,23-,24-,25-,26-,27-,28-,29-,30-,31+,32-,33-,34-,35-,36-,37-,38-,39-,40-,41+,42+,43+,44+,45-,46-,47-,48-,49+,50+,51+,52+,53-,54+,55+,56+,57-,58-,59+,60-,61+/m0/s1. The minimum Gasteiger partial charge on any atom is -0.394 e. The molecule has 48 heteroatoms. The van der Waals surface area contributed by atoms with Gasteiger partial charge in [-0.05, 0) is 6.92 Å². The van der Waals surface area contributed by atoms with E-state index >= 15 is 0 Å². The number of carbonyl (C=O) groups excluding carboxylic acids is 4. The number of aliphatic hydroxyl groups excluding tert-OH is 23. The van der Waals surface area contributed by atoms with Crippen LogP contribution in [0.5, 0.6) is 0 Å². The van der Waals surface area contributed by atoms with E-state index in [2.05, 4.69) is 21.3 Å². The van der Waals surface area contributed by atoms with Crippen molar-refractivity contribution in [3.8, 4) is 0 Å². The minimum absolute atomic E-state index is 0.847. The molecule has 0 bridgehead atoms. The molecule has 4 amide bonds. The van der Waals surface area contributed by atoms with E-state index in [-0.39, 0.29) is 0 Å². The van der Waals surface area contributed by atoms with Crippen molar-refractivity contribution in [1.82, 2.24) is 21.3 Å². The zero-order valence-electron chi connectivity index (χ0n) is 58.9. The molecule has 0 aromatic rings. The molecule has 109 heavy (non-hydrogen) atoms. The van der Waals surface area contributed by atoms with Crippen LogP contribution < -0.4 is 21.3 Å². The van der Waals surface area contributed by atoms with Gasteiger partial charge < -0.3 is 219 Å². The maximum atomic E-state index is 13.4. The molecule has 0 radical (unpaired) electrons. The van der Waals surface area contributed by atoms with Crippen molar-refractivity contribution in [1.29, 1.82) is 0 Å². The first-order valence-corrected chi connectivity index (χ1v) is 34.9. The molecule has 0 spiro atoms. The van der Waals surface area contributed by atoms with Gasteiger partial charge in [0.15, 0.2) is 56.6 Å². The van der Waals surface area contributed by atoms with Gasteiger partial charge in [-0.15, -0.1) is 0 Å². The highest BCUT2D eigenvalue weighted by Gasteiger charge is 2.61. The fourth-order valence-electron chi connectivity index (χ4n) is 14.1. The summed E-state index contributed by atoms with van der Waals surface area (Å²) in [6, 6.07) is -7.40.